The fourth-order valence-corrected chi connectivity index (χ4v) is 3.42. The number of rotatable bonds is 2. The van der Waals surface area contributed by atoms with Gasteiger partial charge in [-0.3, -0.25) is 4.79 Å². The summed E-state index contributed by atoms with van der Waals surface area (Å²) < 4.78 is 10.5. The molecule has 6 heteroatoms. The lowest BCUT2D eigenvalue weighted by molar-refractivity contribution is -0.113. The molecule has 0 aromatic heterocycles. The third kappa shape index (κ3) is 3.03. The molecule has 2 heterocycles. The first kappa shape index (κ1) is 15.1. The lowest BCUT2D eigenvalue weighted by Crippen LogP contribution is -2.38. The number of morpholine rings is 1. The zero-order chi connectivity index (χ0) is 15.5. The first-order valence-electron chi connectivity index (χ1n) is 7.18. The predicted molar refractivity (Wildman–Crippen MR) is 88.0 cm³/mol. The Balaban J connectivity index is 1.80. The van der Waals surface area contributed by atoms with Crippen LogP contribution in [-0.2, 0) is 9.53 Å². The van der Waals surface area contributed by atoms with Gasteiger partial charge in [0.1, 0.15) is 5.75 Å². The molecule has 2 aliphatic heterocycles. The predicted octanol–water partition coefficient (Wildman–Crippen LogP) is 2.39. The van der Waals surface area contributed by atoms with Gasteiger partial charge in [0.25, 0.3) is 5.91 Å². The quantitative estimate of drug-likeness (QED) is 0.784. The van der Waals surface area contributed by atoms with Crippen molar-refractivity contribution in [3.63, 3.8) is 0 Å². The monoisotopic (exact) mass is 318 g/mol. The van der Waals surface area contributed by atoms with Gasteiger partial charge in [-0.25, -0.2) is 0 Å². The molecule has 22 heavy (non-hydrogen) atoms. The van der Waals surface area contributed by atoms with E-state index >= 15 is 0 Å². The minimum absolute atomic E-state index is 0.153. The standard InChI is InChI=1S/C16H18N2O3S/c1-11(12-3-5-13(20-2)6-4-12)14-15(19)17-16(22-14)18-7-9-21-10-8-18/h3-6H,7-10H2,1-2H3/b14-11+. The van der Waals surface area contributed by atoms with E-state index in [4.69, 9.17) is 9.47 Å². The van der Waals surface area contributed by atoms with E-state index < -0.39 is 0 Å². The number of amides is 1. The number of thioether (sulfide) groups is 1. The van der Waals surface area contributed by atoms with Crippen LogP contribution in [0.2, 0.25) is 0 Å². The Kier molecular flexibility index (Phi) is 4.49. The van der Waals surface area contributed by atoms with Crippen molar-refractivity contribution in [2.75, 3.05) is 33.4 Å². The van der Waals surface area contributed by atoms with Gasteiger partial charge in [0.2, 0.25) is 0 Å². The van der Waals surface area contributed by atoms with Crippen molar-refractivity contribution in [2.45, 2.75) is 6.92 Å². The van der Waals surface area contributed by atoms with E-state index in [1.54, 1.807) is 7.11 Å². The van der Waals surface area contributed by atoms with Crippen LogP contribution in [0, 0.1) is 0 Å². The van der Waals surface area contributed by atoms with E-state index in [9.17, 15) is 4.79 Å². The molecule has 0 N–H and O–H groups in total. The Bertz CT molecular complexity index is 631. The highest BCUT2D eigenvalue weighted by Crippen LogP contribution is 2.35. The lowest BCUT2D eigenvalue weighted by atomic mass is 10.1. The summed E-state index contributed by atoms with van der Waals surface area (Å²) in [7, 11) is 1.64. The number of benzene rings is 1. The first-order chi connectivity index (χ1) is 10.7. The van der Waals surface area contributed by atoms with Crippen molar-refractivity contribution in [1.82, 2.24) is 4.90 Å². The molecule has 1 saturated heterocycles. The van der Waals surface area contributed by atoms with Crippen LogP contribution in [0.25, 0.3) is 5.57 Å². The fourth-order valence-electron chi connectivity index (χ4n) is 2.39. The number of amidine groups is 1. The molecule has 0 radical (unpaired) electrons. The van der Waals surface area contributed by atoms with E-state index in [1.165, 1.54) is 11.8 Å². The number of nitrogens with zero attached hydrogens (tertiary/aromatic N) is 2. The topological polar surface area (TPSA) is 51.1 Å². The molecule has 5 nitrogen and oxygen atoms in total. The lowest BCUT2D eigenvalue weighted by Gasteiger charge is -2.27. The van der Waals surface area contributed by atoms with E-state index in [0.717, 1.165) is 35.1 Å². The van der Waals surface area contributed by atoms with Gasteiger partial charge in [-0.2, -0.15) is 4.99 Å². The van der Waals surface area contributed by atoms with Gasteiger partial charge in [-0.15, -0.1) is 0 Å². The van der Waals surface area contributed by atoms with Crippen LogP contribution < -0.4 is 4.74 Å². The minimum Gasteiger partial charge on any atom is -0.497 e. The summed E-state index contributed by atoms with van der Waals surface area (Å²) in [4.78, 5) is 19.2. The Morgan fingerprint density at radius 3 is 2.59 bits per heavy atom. The number of aliphatic imine (C=N–C) groups is 1. The number of ether oxygens (including phenoxy) is 2. The second-order valence-corrected chi connectivity index (χ2v) is 6.06. The Morgan fingerprint density at radius 1 is 1.27 bits per heavy atom. The van der Waals surface area contributed by atoms with Crippen molar-refractivity contribution in [2.24, 2.45) is 4.99 Å². The van der Waals surface area contributed by atoms with E-state index in [0.29, 0.717) is 18.1 Å². The number of hydrogen-bond acceptors (Lipinski definition) is 5. The maximum atomic E-state index is 12.2. The summed E-state index contributed by atoms with van der Waals surface area (Å²) in [5.74, 6) is 0.650. The Hall–Kier alpha value is -1.79. The van der Waals surface area contributed by atoms with Gasteiger partial charge in [-0.05, 0) is 42.0 Å². The SMILES string of the molecule is COc1ccc(/C(C)=C2/SC(N3CCOCC3)=NC2=O)cc1. The largest absolute Gasteiger partial charge is 0.497 e. The van der Waals surface area contributed by atoms with Gasteiger partial charge in [0.15, 0.2) is 5.17 Å². The minimum atomic E-state index is -0.153. The second kappa shape index (κ2) is 6.54. The molecule has 0 unspecified atom stereocenters. The zero-order valence-corrected chi connectivity index (χ0v) is 13.5. The van der Waals surface area contributed by atoms with Crippen molar-refractivity contribution < 1.29 is 14.3 Å². The van der Waals surface area contributed by atoms with Gasteiger partial charge in [-0.1, -0.05) is 12.1 Å². The highest BCUT2D eigenvalue weighted by Gasteiger charge is 2.28. The molecule has 0 aliphatic carbocycles. The molecule has 1 fully saturated rings. The van der Waals surface area contributed by atoms with Crippen LogP contribution in [0.5, 0.6) is 5.75 Å². The summed E-state index contributed by atoms with van der Waals surface area (Å²) in [5, 5.41) is 0.788. The van der Waals surface area contributed by atoms with Crippen LogP contribution in [0.3, 0.4) is 0 Å². The molecule has 116 valence electrons. The molecule has 0 atom stereocenters. The van der Waals surface area contributed by atoms with Gasteiger partial charge >= 0.3 is 0 Å². The molecular formula is C16H18N2O3S. The molecule has 0 bridgehead atoms. The Morgan fingerprint density at radius 2 is 1.95 bits per heavy atom. The summed E-state index contributed by atoms with van der Waals surface area (Å²) in [6.07, 6.45) is 0. The molecule has 2 aliphatic rings. The highest BCUT2D eigenvalue weighted by molar-refractivity contribution is 8.18. The van der Waals surface area contributed by atoms with Crippen LogP contribution >= 0.6 is 11.8 Å². The second-order valence-electron chi connectivity index (χ2n) is 5.08. The van der Waals surface area contributed by atoms with Crippen molar-refractivity contribution >= 4 is 28.4 Å². The average Bonchev–Trinajstić information content (AvgIpc) is 2.97. The zero-order valence-electron chi connectivity index (χ0n) is 12.7. The number of carbonyl (C=O) groups is 1. The number of methoxy groups -OCH3 is 1. The smallest absolute Gasteiger partial charge is 0.286 e. The van der Waals surface area contributed by atoms with E-state index in [-0.39, 0.29) is 5.91 Å². The molecule has 1 aromatic carbocycles. The van der Waals surface area contributed by atoms with Gasteiger partial charge in [0, 0.05) is 13.1 Å². The molecule has 1 aromatic rings. The number of allylic oxidation sites excluding steroid dienone is 1. The van der Waals surface area contributed by atoms with Crippen molar-refractivity contribution in [1.29, 1.82) is 0 Å². The van der Waals surface area contributed by atoms with Gasteiger partial charge < -0.3 is 14.4 Å². The van der Waals surface area contributed by atoms with E-state index in [2.05, 4.69) is 9.89 Å². The maximum Gasteiger partial charge on any atom is 0.286 e. The number of carbonyl (C=O) groups excluding carboxylic acids is 1. The number of hydrogen-bond donors (Lipinski definition) is 0. The van der Waals surface area contributed by atoms with E-state index in [1.807, 2.05) is 31.2 Å². The fraction of sp³-hybridized carbons (Fsp3) is 0.375. The average molecular weight is 318 g/mol. The van der Waals surface area contributed by atoms with Crippen LogP contribution in [0.4, 0.5) is 0 Å². The van der Waals surface area contributed by atoms with Crippen LogP contribution in [0.1, 0.15) is 12.5 Å². The normalized spacial score (nSPS) is 20.9. The maximum absolute atomic E-state index is 12.2. The Labute approximate surface area is 134 Å². The van der Waals surface area contributed by atoms with Crippen LogP contribution in [-0.4, -0.2) is 49.4 Å². The van der Waals surface area contributed by atoms with Crippen molar-refractivity contribution in [3.05, 3.63) is 34.7 Å². The summed E-state index contributed by atoms with van der Waals surface area (Å²) in [5.41, 5.74) is 1.96. The third-order valence-corrected chi connectivity index (χ3v) is 4.95. The molecule has 3 rings (SSSR count). The summed E-state index contributed by atoms with van der Waals surface area (Å²) in [6.45, 7) is 4.90. The van der Waals surface area contributed by atoms with Crippen LogP contribution in [0.15, 0.2) is 34.2 Å². The molecule has 1 amide bonds. The molecule has 0 spiro atoms. The highest BCUT2D eigenvalue weighted by atomic mass is 32.2. The molecule has 0 saturated carbocycles. The summed E-state index contributed by atoms with van der Waals surface area (Å²) in [6, 6.07) is 7.71. The summed E-state index contributed by atoms with van der Waals surface area (Å²) >= 11 is 1.46. The van der Waals surface area contributed by atoms with Gasteiger partial charge in [0.05, 0.1) is 25.2 Å². The first-order valence-corrected chi connectivity index (χ1v) is 7.99. The molecular weight excluding hydrogens is 300 g/mol. The third-order valence-electron chi connectivity index (χ3n) is 3.73. The van der Waals surface area contributed by atoms with Crippen molar-refractivity contribution in [3.8, 4) is 5.75 Å².